The number of piperazine rings is 1. The number of ether oxygens (including phenoxy) is 2. The number of carbonyl (C=O) groups is 2. The fraction of sp³-hybridized carbons (Fsp3) is 0.619. The highest BCUT2D eigenvalue weighted by Crippen LogP contribution is 2.29. The molecule has 2 rings (SSSR count). The number of Topliss-reactive ketones (excluding diaryl/α,β-unsaturated/α-hetero) is 1. The summed E-state index contributed by atoms with van der Waals surface area (Å²) in [5.41, 5.74) is 0.561. The first-order valence-corrected chi connectivity index (χ1v) is 9.99. The van der Waals surface area contributed by atoms with Crippen LogP contribution in [-0.2, 0) is 4.79 Å². The normalized spacial score (nSPS) is 16.2. The molecule has 1 saturated heterocycles. The van der Waals surface area contributed by atoms with Gasteiger partial charge in [-0.2, -0.15) is 0 Å². The summed E-state index contributed by atoms with van der Waals surface area (Å²) in [6.07, 6.45) is 2.23. The highest BCUT2D eigenvalue weighted by molar-refractivity contribution is 5.98. The first kappa shape index (κ1) is 24.2. The summed E-state index contributed by atoms with van der Waals surface area (Å²) in [6.45, 7) is 9.58. The Morgan fingerprint density at radius 1 is 1.11 bits per heavy atom. The molecule has 1 aromatic carbocycles. The molecule has 28 heavy (non-hydrogen) atoms. The van der Waals surface area contributed by atoms with Crippen LogP contribution in [0, 0.1) is 0 Å². The summed E-state index contributed by atoms with van der Waals surface area (Å²) in [5, 5.41) is 3.27. The number of nitrogens with zero attached hydrogens (tertiary/aromatic N) is 1. The van der Waals surface area contributed by atoms with Gasteiger partial charge in [-0.3, -0.25) is 9.59 Å². The van der Waals surface area contributed by atoms with E-state index in [0.29, 0.717) is 36.8 Å². The van der Waals surface area contributed by atoms with Crippen LogP contribution in [0.15, 0.2) is 18.2 Å². The van der Waals surface area contributed by atoms with E-state index < -0.39 is 0 Å². The fourth-order valence-electron chi connectivity index (χ4n) is 3.06. The highest BCUT2D eigenvalue weighted by Gasteiger charge is 2.23. The van der Waals surface area contributed by atoms with Crippen molar-refractivity contribution < 1.29 is 19.1 Å². The van der Waals surface area contributed by atoms with Crippen LogP contribution < -0.4 is 14.8 Å². The Kier molecular flexibility index (Phi) is 10.9. The van der Waals surface area contributed by atoms with Gasteiger partial charge in [0.15, 0.2) is 17.3 Å². The van der Waals surface area contributed by atoms with E-state index in [1.165, 1.54) is 0 Å². The summed E-state index contributed by atoms with van der Waals surface area (Å²) in [4.78, 5) is 26.9. The van der Waals surface area contributed by atoms with Gasteiger partial charge in [0.05, 0.1) is 13.2 Å². The fourth-order valence-corrected chi connectivity index (χ4v) is 3.06. The van der Waals surface area contributed by atoms with Gasteiger partial charge in [-0.1, -0.05) is 13.8 Å². The minimum atomic E-state index is -0.0467. The van der Waals surface area contributed by atoms with E-state index in [1.807, 2.05) is 25.7 Å². The summed E-state index contributed by atoms with van der Waals surface area (Å²) in [5.74, 6) is 1.25. The molecular weight excluding hydrogens is 380 g/mol. The van der Waals surface area contributed by atoms with Gasteiger partial charge in [0.2, 0.25) is 5.91 Å². The van der Waals surface area contributed by atoms with Gasteiger partial charge < -0.3 is 19.7 Å². The van der Waals surface area contributed by atoms with Crippen LogP contribution in [0.5, 0.6) is 11.5 Å². The van der Waals surface area contributed by atoms with Crippen LogP contribution in [0.3, 0.4) is 0 Å². The Labute approximate surface area is 174 Å². The third-order valence-electron chi connectivity index (χ3n) is 4.58. The maximum absolute atomic E-state index is 12.6. The van der Waals surface area contributed by atoms with Gasteiger partial charge in [0.25, 0.3) is 0 Å². The zero-order valence-corrected chi connectivity index (χ0v) is 18.0. The molecule has 0 aliphatic carbocycles. The van der Waals surface area contributed by atoms with E-state index in [2.05, 4.69) is 5.32 Å². The number of ketones is 1. The Hall–Kier alpha value is -1.79. The van der Waals surface area contributed by atoms with E-state index in [0.717, 1.165) is 25.9 Å². The second kappa shape index (κ2) is 12.6. The molecule has 0 bridgehead atoms. The minimum Gasteiger partial charge on any atom is -0.490 e. The maximum atomic E-state index is 12.6. The predicted molar refractivity (Wildman–Crippen MR) is 113 cm³/mol. The number of amides is 1. The van der Waals surface area contributed by atoms with Crippen LogP contribution in [-0.4, -0.2) is 55.5 Å². The molecule has 0 saturated carbocycles. The van der Waals surface area contributed by atoms with Gasteiger partial charge in [-0.25, -0.2) is 0 Å². The molecule has 1 aliphatic heterocycles. The second-order valence-corrected chi connectivity index (χ2v) is 6.92. The molecule has 0 radical (unpaired) electrons. The predicted octanol–water partition coefficient (Wildman–Crippen LogP) is 3.47. The first-order valence-electron chi connectivity index (χ1n) is 9.99. The van der Waals surface area contributed by atoms with Gasteiger partial charge in [-0.05, 0) is 38.0 Å². The molecule has 7 heteroatoms. The molecule has 6 nitrogen and oxygen atoms in total. The molecule has 1 aromatic rings. The zero-order valence-electron chi connectivity index (χ0n) is 17.2. The molecule has 1 atom stereocenters. The number of hydrogen-bond donors (Lipinski definition) is 1. The zero-order chi connectivity index (χ0) is 19.6. The lowest BCUT2D eigenvalue weighted by Gasteiger charge is -2.34. The van der Waals surface area contributed by atoms with Gasteiger partial charge in [0.1, 0.15) is 0 Å². The monoisotopic (exact) mass is 412 g/mol. The summed E-state index contributed by atoms with van der Waals surface area (Å²) in [6, 6.07) is 5.45. The van der Waals surface area contributed by atoms with Crippen molar-refractivity contribution >= 4 is 24.1 Å². The smallest absolute Gasteiger partial charge is 0.223 e. The van der Waals surface area contributed by atoms with E-state index >= 15 is 0 Å². The second-order valence-electron chi connectivity index (χ2n) is 6.92. The number of carbonyl (C=O) groups excluding carboxylic acids is 2. The SMILES string of the molecule is CCCOc1ccc(C(=O)CCC(=O)N2CCNC[C@H]2C)cc1OCCC.Cl. The standard InChI is InChI=1S/C21H32N2O4.ClH/c1-4-12-26-19-8-6-17(14-20(19)27-13-5-2)18(24)7-9-21(25)23-11-10-22-15-16(23)3;/h6,8,14,16,22H,4-5,7,9-13,15H2,1-3H3;1H/t16-;/m1./s1. The van der Waals surface area contributed by atoms with Crippen molar-refractivity contribution in [3.05, 3.63) is 23.8 Å². The van der Waals surface area contributed by atoms with Crippen LogP contribution in [0.1, 0.15) is 56.8 Å². The average Bonchev–Trinajstić information content (AvgIpc) is 2.69. The Balaban J connectivity index is 0.00000392. The minimum absolute atomic E-state index is 0. The number of nitrogens with one attached hydrogen (secondary N) is 1. The van der Waals surface area contributed by atoms with Crippen molar-refractivity contribution in [2.45, 2.75) is 52.5 Å². The van der Waals surface area contributed by atoms with Gasteiger partial charge >= 0.3 is 0 Å². The van der Waals surface area contributed by atoms with Crippen LogP contribution >= 0.6 is 12.4 Å². The van der Waals surface area contributed by atoms with Gasteiger partial charge in [0, 0.05) is 44.1 Å². The van der Waals surface area contributed by atoms with E-state index in [4.69, 9.17) is 9.47 Å². The third-order valence-corrected chi connectivity index (χ3v) is 4.58. The molecule has 0 aromatic heterocycles. The van der Waals surface area contributed by atoms with Crippen molar-refractivity contribution in [2.75, 3.05) is 32.8 Å². The maximum Gasteiger partial charge on any atom is 0.223 e. The van der Waals surface area contributed by atoms with Crippen molar-refractivity contribution in [1.29, 1.82) is 0 Å². The quantitative estimate of drug-likeness (QED) is 0.596. The van der Waals surface area contributed by atoms with E-state index in [1.54, 1.807) is 18.2 Å². The first-order chi connectivity index (χ1) is 13.1. The van der Waals surface area contributed by atoms with Gasteiger partial charge in [-0.15, -0.1) is 12.4 Å². The molecule has 158 valence electrons. The number of hydrogen-bond acceptors (Lipinski definition) is 5. The Bertz CT molecular complexity index is 639. The van der Waals surface area contributed by atoms with Crippen molar-refractivity contribution in [3.63, 3.8) is 0 Å². The third kappa shape index (κ3) is 6.99. The molecule has 1 fully saturated rings. The number of benzene rings is 1. The summed E-state index contributed by atoms with van der Waals surface area (Å²) >= 11 is 0. The van der Waals surface area contributed by atoms with E-state index in [9.17, 15) is 9.59 Å². The van der Waals surface area contributed by atoms with E-state index in [-0.39, 0.29) is 43.0 Å². The lowest BCUT2D eigenvalue weighted by atomic mass is 10.0. The van der Waals surface area contributed by atoms with Crippen molar-refractivity contribution in [3.8, 4) is 11.5 Å². The number of rotatable bonds is 10. The summed E-state index contributed by atoms with van der Waals surface area (Å²) < 4.78 is 11.5. The summed E-state index contributed by atoms with van der Waals surface area (Å²) in [7, 11) is 0. The number of halogens is 1. The van der Waals surface area contributed by atoms with Crippen LogP contribution in [0.2, 0.25) is 0 Å². The molecule has 1 heterocycles. The lowest BCUT2D eigenvalue weighted by Crippen LogP contribution is -2.52. The molecule has 0 unspecified atom stereocenters. The molecule has 1 aliphatic rings. The Morgan fingerprint density at radius 2 is 1.79 bits per heavy atom. The van der Waals surface area contributed by atoms with Crippen LogP contribution in [0.25, 0.3) is 0 Å². The van der Waals surface area contributed by atoms with Crippen LogP contribution in [0.4, 0.5) is 0 Å². The topological polar surface area (TPSA) is 67.9 Å². The average molecular weight is 413 g/mol. The largest absolute Gasteiger partial charge is 0.490 e. The highest BCUT2D eigenvalue weighted by atomic mass is 35.5. The van der Waals surface area contributed by atoms with Crippen molar-refractivity contribution in [2.24, 2.45) is 0 Å². The lowest BCUT2D eigenvalue weighted by molar-refractivity contribution is -0.133. The molecular formula is C21H33ClN2O4. The molecule has 0 spiro atoms. The molecule has 1 amide bonds. The molecule has 1 N–H and O–H groups in total. The van der Waals surface area contributed by atoms with Crippen molar-refractivity contribution in [1.82, 2.24) is 10.2 Å². The Morgan fingerprint density at radius 3 is 2.43 bits per heavy atom.